The summed E-state index contributed by atoms with van der Waals surface area (Å²) in [5.74, 6) is -0.385. The van der Waals surface area contributed by atoms with E-state index in [2.05, 4.69) is 26.0 Å². The van der Waals surface area contributed by atoms with E-state index in [4.69, 9.17) is 10.3 Å². The number of rotatable bonds is 9. The molecule has 22 heavy (non-hydrogen) atoms. The zero-order chi connectivity index (χ0) is 16.2. The minimum atomic E-state index is -0.194. The number of azide groups is 1. The Bertz CT molecular complexity index is 537. The fourth-order valence-corrected chi connectivity index (χ4v) is 2.25. The van der Waals surface area contributed by atoms with Crippen molar-refractivity contribution in [2.75, 3.05) is 13.2 Å². The molecule has 0 spiro atoms. The quantitative estimate of drug-likeness (QED) is 0.200. The topological polar surface area (TPSA) is 75.1 Å². The lowest BCUT2D eigenvalue weighted by Crippen LogP contribution is -2.17. The third-order valence-corrected chi connectivity index (χ3v) is 3.62. The number of halogens is 1. The summed E-state index contributed by atoms with van der Waals surface area (Å²) < 4.78 is 6.13. The summed E-state index contributed by atoms with van der Waals surface area (Å²) in [7, 11) is 0. The van der Waals surface area contributed by atoms with Gasteiger partial charge in [0.25, 0.3) is 0 Å². The van der Waals surface area contributed by atoms with Gasteiger partial charge in [0.1, 0.15) is 0 Å². The number of carbonyl (C=O) groups is 1. The van der Waals surface area contributed by atoms with Crippen LogP contribution in [0.4, 0.5) is 0 Å². The Morgan fingerprint density at radius 1 is 1.45 bits per heavy atom. The summed E-state index contributed by atoms with van der Waals surface area (Å²) >= 11 is 3.39. The molecule has 1 unspecified atom stereocenters. The number of esters is 1. The van der Waals surface area contributed by atoms with Crippen LogP contribution < -0.4 is 0 Å². The third-order valence-electron chi connectivity index (χ3n) is 3.09. The molecule has 0 aliphatic rings. The van der Waals surface area contributed by atoms with Crippen LogP contribution in [0.2, 0.25) is 0 Å². The van der Waals surface area contributed by atoms with Gasteiger partial charge in [0, 0.05) is 15.9 Å². The summed E-state index contributed by atoms with van der Waals surface area (Å²) in [6.07, 6.45) is 5.93. The van der Waals surface area contributed by atoms with Crippen LogP contribution in [-0.2, 0) is 9.53 Å². The monoisotopic (exact) mass is 365 g/mol. The third kappa shape index (κ3) is 7.29. The molecule has 0 aliphatic carbocycles. The molecular formula is C16H20BrN3O2. The molecule has 5 nitrogen and oxygen atoms in total. The number of allylic oxidation sites excluding steroid dienone is 1. The highest BCUT2D eigenvalue weighted by molar-refractivity contribution is 9.10. The van der Waals surface area contributed by atoms with E-state index in [0.717, 1.165) is 10.0 Å². The Kier molecular flexibility index (Phi) is 9.03. The Morgan fingerprint density at radius 3 is 2.82 bits per heavy atom. The molecule has 1 atom stereocenters. The molecule has 1 rings (SSSR count). The van der Waals surface area contributed by atoms with Gasteiger partial charge in [-0.2, -0.15) is 0 Å². The summed E-state index contributed by atoms with van der Waals surface area (Å²) in [6, 6.07) is 7.95. The van der Waals surface area contributed by atoms with Gasteiger partial charge in [-0.05, 0) is 49.4 Å². The van der Waals surface area contributed by atoms with Crippen LogP contribution in [0.5, 0.6) is 0 Å². The predicted molar refractivity (Wildman–Crippen MR) is 91.2 cm³/mol. The number of ether oxygens (including phenoxy) is 1. The Hall–Kier alpha value is -1.78. The molecule has 118 valence electrons. The molecule has 6 heteroatoms. The normalized spacial score (nSPS) is 11.9. The second kappa shape index (κ2) is 10.9. The van der Waals surface area contributed by atoms with Crippen molar-refractivity contribution in [1.29, 1.82) is 0 Å². The fourth-order valence-electron chi connectivity index (χ4n) is 1.99. The van der Waals surface area contributed by atoms with Crippen molar-refractivity contribution in [3.05, 3.63) is 50.8 Å². The van der Waals surface area contributed by atoms with Crippen LogP contribution in [0.3, 0.4) is 0 Å². The highest BCUT2D eigenvalue weighted by atomic mass is 79.9. The van der Waals surface area contributed by atoms with Crippen molar-refractivity contribution < 1.29 is 9.53 Å². The first kappa shape index (κ1) is 18.3. The van der Waals surface area contributed by atoms with E-state index in [1.165, 1.54) is 0 Å². The van der Waals surface area contributed by atoms with E-state index in [-0.39, 0.29) is 11.9 Å². The van der Waals surface area contributed by atoms with Crippen molar-refractivity contribution >= 4 is 28.0 Å². The lowest BCUT2D eigenvalue weighted by Gasteiger charge is -2.12. The van der Waals surface area contributed by atoms with Crippen molar-refractivity contribution in [3.8, 4) is 0 Å². The predicted octanol–water partition coefficient (Wildman–Crippen LogP) is 5.12. The molecule has 0 saturated carbocycles. The van der Waals surface area contributed by atoms with Crippen LogP contribution >= 0.6 is 15.9 Å². The average molecular weight is 366 g/mol. The van der Waals surface area contributed by atoms with E-state index >= 15 is 0 Å². The number of carbonyl (C=O) groups excluding carboxylic acids is 1. The SMILES string of the molecule is CCOC(=O)C(C/C=C/c1ccc(Br)cc1)CCCN=[N+]=[N-]. The molecule has 0 N–H and O–H groups in total. The number of nitrogens with zero attached hydrogens (tertiary/aromatic N) is 3. The van der Waals surface area contributed by atoms with Crippen molar-refractivity contribution in [1.82, 2.24) is 0 Å². The lowest BCUT2D eigenvalue weighted by atomic mass is 9.99. The van der Waals surface area contributed by atoms with Crippen LogP contribution in [0, 0.1) is 5.92 Å². The second-order valence-electron chi connectivity index (χ2n) is 4.74. The molecule has 0 aliphatic heterocycles. The first-order chi connectivity index (χ1) is 10.7. The highest BCUT2D eigenvalue weighted by Gasteiger charge is 2.17. The zero-order valence-corrected chi connectivity index (χ0v) is 14.2. The van der Waals surface area contributed by atoms with Crippen molar-refractivity contribution in [2.24, 2.45) is 11.0 Å². The van der Waals surface area contributed by atoms with Gasteiger partial charge in [-0.3, -0.25) is 4.79 Å². The van der Waals surface area contributed by atoms with Gasteiger partial charge in [0.2, 0.25) is 0 Å². The number of hydrogen-bond donors (Lipinski definition) is 0. The van der Waals surface area contributed by atoms with Crippen LogP contribution in [0.1, 0.15) is 31.7 Å². The molecule has 0 aromatic heterocycles. The van der Waals surface area contributed by atoms with Gasteiger partial charge in [0.05, 0.1) is 12.5 Å². The summed E-state index contributed by atoms with van der Waals surface area (Å²) in [5, 5.41) is 3.49. The molecule has 0 fully saturated rings. The molecule has 1 aromatic carbocycles. The molecule has 1 aromatic rings. The van der Waals surface area contributed by atoms with E-state index in [9.17, 15) is 4.79 Å². The maximum Gasteiger partial charge on any atom is 0.309 e. The average Bonchev–Trinajstić information content (AvgIpc) is 2.51. The number of hydrogen-bond acceptors (Lipinski definition) is 3. The maximum atomic E-state index is 11.9. The minimum absolute atomic E-state index is 0.191. The zero-order valence-electron chi connectivity index (χ0n) is 12.6. The fraction of sp³-hybridized carbons (Fsp3) is 0.438. The van der Waals surface area contributed by atoms with Crippen molar-refractivity contribution in [2.45, 2.75) is 26.2 Å². The van der Waals surface area contributed by atoms with Gasteiger partial charge < -0.3 is 4.74 Å². The standard InChI is InChI=1S/C16H20BrN3O2/c1-2-22-16(21)14(7-4-12-19-20-18)6-3-5-13-8-10-15(17)11-9-13/h3,5,8-11,14H,2,4,6-7,12H2,1H3/b5-3+. The van der Waals surface area contributed by atoms with Crippen LogP contribution in [-0.4, -0.2) is 19.1 Å². The van der Waals surface area contributed by atoms with Crippen LogP contribution in [0.25, 0.3) is 16.5 Å². The Morgan fingerprint density at radius 2 is 2.18 bits per heavy atom. The van der Waals surface area contributed by atoms with Gasteiger partial charge in [-0.15, -0.1) is 0 Å². The maximum absolute atomic E-state index is 11.9. The highest BCUT2D eigenvalue weighted by Crippen LogP contribution is 2.17. The van der Waals surface area contributed by atoms with Gasteiger partial charge >= 0.3 is 5.97 Å². The van der Waals surface area contributed by atoms with E-state index in [0.29, 0.717) is 32.4 Å². The first-order valence-corrected chi connectivity index (χ1v) is 8.06. The molecule has 0 amide bonds. The Labute approximate surface area is 139 Å². The molecule has 0 bridgehead atoms. The molecule has 0 radical (unpaired) electrons. The lowest BCUT2D eigenvalue weighted by molar-refractivity contribution is -0.148. The smallest absolute Gasteiger partial charge is 0.309 e. The van der Waals surface area contributed by atoms with Gasteiger partial charge in [-0.1, -0.05) is 45.3 Å². The summed E-state index contributed by atoms with van der Waals surface area (Å²) in [4.78, 5) is 14.6. The van der Waals surface area contributed by atoms with Crippen LogP contribution in [0.15, 0.2) is 39.9 Å². The molecular weight excluding hydrogens is 346 g/mol. The Balaban J connectivity index is 2.56. The summed E-state index contributed by atoms with van der Waals surface area (Å²) in [5.41, 5.74) is 9.35. The van der Waals surface area contributed by atoms with Crippen molar-refractivity contribution in [3.63, 3.8) is 0 Å². The molecule has 0 heterocycles. The van der Waals surface area contributed by atoms with Gasteiger partial charge in [-0.25, -0.2) is 0 Å². The van der Waals surface area contributed by atoms with Gasteiger partial charge in [0.15, 0.2) is 0 Å². The van der Waals surface area contributed by atoms with E-state index in [1.54, 1.807) is 6.92 Å². The molecule has 0 saturated heterocycles. The minimum Gasteiger partial charge on any atom is -0.466 e. The first-order valence-electron chi connectivity index (χ1n) is 7.27. The second-order valence-corrected chi connectivity index (χ2v) is 5.65. The van der Waals surface area contributed by atoms with E-state index < -0.39 is 0 Å². The number of benzene rings is 1. The largest absolute Gasteiger partial charge is 0.466 e. The summed E-state index contributed by atoms with van der Waals surface area (Å²) in [6.45, 7) is 2.58. The van der Waals surface area contributed by atoms with E-state index in [1.807, 2.05) is 36.4 Å².